The van der Waals surface area contributed by atoms with E-state index in [2.05, 4.69) is 10.4 Å². The van der Waals surface area contributed by atoms with Crippen LogP contribution in [0.2, 0.25) is 0 Å². The summed E-state index contributed by atoms with van der Waals surface area (Å²) in [6.45, 7) is 2.15. The zero-order valence-corrected chi connectivity index (χ0v) is 18.2. The van der Waals surface area contributed by atoms with E-state index in [4.69, 9.17) is 0 Å². The van der Waals surface area contributed by atoms with Crippen LogP contribution in [0, 0.1) is 22.9 Å². The molecule has 0 radical (unpaired) electrons. The number of fused-ring (bicyclic) bond motifs is 1. The molecular weight excluding hydrogens is 433 g/mol. The first-order chi connectivity index (χ1) is 15.9. The zero-order valence-electron chi connectivity index (χ0n) is 18.2. The van der Waals surface area contributed by atoms with Gasteiger partial charge in [0.25, 0.3) is 5.91 Å². The summed E-state index contributed by atoms with van der Waals surface area (Å²) in [6.07, 6.45) is 8.11. The van der Waals surface area contributed by atoms with Crippen LogP contribution in [-0.4, -0.2) is 46.9 Å². The third kappa shape index (κ3) is 4.98. The molecule has 0 spiro atoms. The summed E-state index contributed by atoms with van der Waals surface area (Å²) in [5.74, 6) is -1.56. The molecule has 3 heterocycles. The maximum atomic E-state index is 15.1. The number of carbonyl (C=O) groups is 1. The molecule has 176 valence electrons. The second-order valence-corrected chi connectivity index (χ2v) is 8.69. The van der Waals surface area contributed by atoms with E-state index >= 15 is 4.39 Å². The standard InChI is InChI=1S/C18H23FN4O2.C6H4F2/c19-15-14(22-7-1-2-8-22)4-9-23-16(15)13(10-21-23)17(25)20-11-18(12-24)5-3-6-18;7-5-1-2-6(8)4-3-5/h4,9-10,24H,1-3,5-8,11-12H2,(H,20,25);1-4H. The lowest BCUT2D eigenvalue weighted by atomic mass is 9.69. The molecule has 3 aromatic rings. The van der Waals surface area contributed by atoms with Crippen LogP contribution in [-0.2, 0) is 0 Å². The zero-order chi connectivity index (χ0) is 23.4. The average molecular weight is 461 g/mol. The molecule has 5 rings (SSSR count). The van der Waals surface area contributed by atoms with E-state index in [0.717, 1.165) is 69.5 Å². The summed E-state index contributed by atoms with van der Waals surface area (Å²) >= 11 is 0. The molecule has 1 saturated carbocycles. The minimum atomic E-state index is -0.411. The van der Waals surface area contributed by atoms with Gasteiger partial charge in [-0.15, -0.1) is 0 Å². The highest BCUT2D eigenvalue weighted by Gasteiger charge is 2.36. The van der Waals surface area contributed by atoms with Gasteiger partial charge in [-0.2, -0.15) is 5.10 Å². The number of benzene rings is 1. The highest BCUT2D eigenvalue weighted by atomic mass is 19.1. The van der Waals surface area contributed by atoms with Crippen molar-refractivity contribution in [2.45, 2.75) is 32.1 Å². The second kappa shape index (κ2) is 9.82. The van der Waals surface area contributed by atoms with E-state index in [9.17, 15) is 18.7 Å². The number of aromatic nitrogens is 2. The molecule has 1 aliphatic heterocycles. The van der Waals surface area contributed by atoms with Crippen LogP contribution in [0.4, 0.5) is 18.9 Å². The van der Waals surface area contributed by atoms with Gasteiger partial charge < -0.3 is 15.3 Å². The van der Waals surface area contributed by atoms with Crippen molar-refractivity contribution in [1.82, 2.24) is 14.9 Å². The van der Waals surface area contributed by atoms with Crippen molar-refractivity contribution in [2.24, 2.45) is 5.41 Å². The Morgan fingerprint density at radius 3 is 2.21 bits per heavy atom. The van der Waals surface area contributed by atoms with Crippen LogP contribution >= 0.6 is 0 Å². The van der Waals surface area contributed by atoms with Crippen molar-refractivity contribution < 1.29 is 23.1 Å². The third-order valence-electron chi connectivity index (χ3n) is 6.47. The summed E-state index contributed by atoms with van der Waals surface area (Å²) in [7, 11) is 0. The van der Waals surface area contributed by atoms with E-state index in [1.807, 2.05) is 4.90 Å². The molecule has 2 N–H and O–H groups in total. The number of rotatable bonds is 5. The van der Waals surface area contributed by atoms with Gasteiger partial charge in [-0.3, -0.25) is 4.79 Å². The summed E-state index contributed by atoms with van der Waals surface area (Å²) in [5.41, 5.74) is 0.780. The SMILES string of the molecule is Fc1ccc(F)cc1.O=C(NCC1(CO)CCC1)c1cnn2ccc(N3CCCC3)c(F)c12. The number of halogens is 3. The van der Waals surface area contributed by atoms with E-state index in [-0.39, 0.29) is 29.0 Å². The van der Waals surface area contributed by atoms with Crippen LogP contribution < -0.4 is 10.2 Å². The van der Waals surface area contributed by atoms with Gasteiger partial charge in [0.05, 0.1) is 24.1 Å². The van der Waals surface area contributed by atoms with Gasteiger partial charge in [-0.05, 0) is 56.0 Å². The van der Waals surface area contributed by atoms with E-state index in [1.54, 1.807) is 12.3 Å². The fraction of sp³-hybridized carbons (Fsp3) is 0.417. The summed E-state index contributed by atoms with van der Waals surface area (Å²) in [6, 6.07) is 6.03. The monoisotopic (exact) mass is 460 g/mol. The van der Waals surface area contributed by atoms with Crippen LogP contribution in [0.15, 0.2) is 42.7 Å². The first kappa shape index (κ1) is 23.1. The van der Waals surface area contributed by atoms with Crippen molar-refractivity contribution in [3.05, 3.63) is 65.7 Å². The Bertz CT molecular complexity index is 1080. The molecule has 1 aromatic carbocycles. The van der Waals surface area contributed by atoms with Gasteiger partial charge >= 0.3 is 0 Å². The smallest absolute Gasteiger partial charge is 0.255 e. The number of hydrogen-bond donors (Lipinski definition) is 2. The van der Waals surface area contributed by atoms with Crippen molar-refractivity contribution in [1.29, 1.82) is 0 Å². The summed E-state index contributed by atoms with van der Waals surface area (Å²) in [4.78, 5) is 14.6. The number of pyridine rings is 1. The van der Waals surface area contributed by atoms with Gasteiger partial charge in [-0.25, -0.2) is 17.7 Å². The molecule has 2 aliphatic rings. The van der Waals surface area contributed by atoms with Gasteiger partial charge in [0.2, 0.25) is 0 Å². The lowest BCUT2D eigenvalue weighted by molar-refractivity contribution is 0.0429. The minimum absolute atomic E-state index is 0.0650. The average Bonchev–Trinajstić information content (AvgIpc) is 3.46. The lowest BCUT2D eigenvalue weighted by Gasteiger charge is -2.40. The van der Waals surface area contributed by atoms with Gasteiger partial charge in [-0.1, -0.05) is 6.42 Å². The first-order valence-corrected chi connectivity index (χ1v) is 11.1. The molecule has 1 saturated heterocycles. The quantitative estimate of drug-likeness (QED) is 0.606. The Balaban J connectivity index is 0.000000275. The Morgan fingerprint density at radius 2 is 1.67 bits per heavy atom. The minimum Gasteiger partial charge on any atom is -0.396 e. The Kier molecular flexibility index (Phi) is 6.88. The van der Waals surface area contributed by atoms with Crippen molar-refractivity contribution in [2.75, 3.05) is 31.1 Å². The number of nitrogens with zero attached hydrogens (tertiary/aromatic N) is 3. The fourth-order valence-corrected chi connectivity index (χ4v) is 4.26. The molecule has 1 amide bonds. The molecule has 1 aliphatic carbocycles. The molecule has 9 heteroatoms. The number of amides is 1. The number of nitrogens with one attached hydrogen (secondary N) is 1. The van der Waals surface area contributed by atoms with E-state index < -0.39 is 17.5 Å². The van der Waals surface area contributed by atoms with Crippen LogP contribution in [0.25, 0.3) is 5.52 Å². The Labute approximate surface area is 190 Å². The molecule has 2 aromatic heterocycles. The van der Waals surface area contributed by atoms with E-state index in [1.165, 1.54) is 10.7 Å². The normalized spacial score (nSPS) is 16.8. The second-order valence-electron chi connectivity index (χ2n) is 8.69. The first-order valence-electron chi connectivity index (χ1n) is 11.1. The predicted octanol–water partition coefficient (Wildman–Crippen LogP) is 3.93. The number of aliphatic hydroxyl groups is 1. The maximum Gasteiger partial charge on any atom is 0.255 e. The number of aliphatic hydroxyl groups excluding tert-OH is 1. The predicted molar refractivity (Wildman–Crippen MR) is 119 cm³/mol. The van der Waals surface area contributed by atoms with Gasteiger partial charge in [0.15, 0.2) is 5.82 Å². The largest absolute Gasteiger partial charge is 0.396 e. The van der Waals surface area contributed by atoms with Crippen molar-refractivity contribution >= 4 is 17.1 Å². The molecular formula is C24H27F3N4O2. The highest BCUT2D eigenvalue weighted by molar-refractivity contribution is 6.01. The fourth-order valence-electron chi connectivity index (χ4n) is 4.26. The summed E-state index contributed by atoms with van der Waals surface area (Å²) in [5, 5.41) is 16.5. The molecule has 6 nitrogen and oxygen atoms in total. The van der Waals surface area contributed by atoms with Crippen LogP contribution in [0.3, 0.4) is 0 Å². The summed E-state index contributed by atoms with van der Waals surface area (Å²) < 4.78 is 40.3. The molecule has 0 bridgehead atoms. The number of hydrogen-bond acceptors (Lipinski definition) is 4. The maximum absolute atomic E-state index is 15.1. The van der Waals surface area contributed by atoms with E-state index in [0.29, 0.717) is 12.2 Å². The topological polar surface area (TPSA) is 69.9 Å². The Morgan fingerprint density at radius 1 is 1.03 bits per heavy atom. The number of carbonyl (C=O) groups excluding carboxylic acids is 1. The molecule has 2 fully saturated rings. The van der Waals surface area contributed by atoms with Gasteiger partial charge in [0.1, 0.15) is 17.2 Å². The van der Waals surface area contributed by atoms with Crippen molar-refractivity contribution in [3.8, 4) is 0 Å². The molecule has 0 unspecified atom stereocenters. The van der Waals surface area contributed by atoms with Crippen LogP contribution in [0.5, 0.6) is 0 Å². The Hall–Kier alpha value is -3.07. The van der Waals surface area contributed by atoms with Crippen LogP contribution in [0.1, 0.15) is 42.5 Å². The molecule has 33 heavy (non-hydrogen) atoms. The van der Waals surface area contributed by atoms with Crippen molar-refractivity contribution in [3.63, 3.8) is 0 Å². The molecule has 0 atom stereocenters. The highest BCUT2D eigenvalue weighted by Crippen LogP contribution is 2.39. The third-order valence-corrected chi connectivity index (χ3v) is 6.47. The number of anilines is 1. The van der Waals surface area contributed by atoms with Gasteiger partial charge in [0, 0.05) is 31.2 Å². The lowest BCUT2D eigenvalue weighted by Crippen LogP contribution is -2.44.